The number of hydrogen-bond donors (Lipinski definition) is 1. The molecule has 1 aliphatic heterocycles. The predicted molar refractivity (Wildman–Crippen MR) is 86.2 cm³/mol. The smallest absolute Gasteiger partial charge is 0.129 e. The molecule has 1 aromatic rings. The Kier molecular flexibility index (Phi) is 4.69. The Balaban J connectivity index is 2.16. The van der Waals surface area contributed by atoms with Gasteiger partial charge in [-0.1, -0.05) is 6.92 Å². The summed E-state index contributed by atoms with van der Waals surface area (Å²) >= 11 is 0. The SMILES string of the molecule is CCC1CCCN1c1cc(CNC(C)(C)C)cc(C)n1. The summed E-state index contributed by atoms with van der Waals surface area (Å²) in [5.74, 6) is 1.17. The van der Waals surface area contributed by atoms with E-state index >= 15 is 0 Å². The van der Waals surface area contributed by atoms with E-state index in [9.17, 15) is 0 Å². The topological polar surface area (TPSA) is 28.2 Å². The van der Waals surface area contributed by atoms with Crippen LogP contribution in [0.4, 0.5) is 5.82 Å². The van der Waals surface area contributed by atoms with Crippen LogP contribution in [0, 0.1) is 6.92 Å². The molecule has 3 nitrogen and oxygen atoms in total. The van der Waals surface area contributed by atoms with Crippen LogP contribution in [-0.4, -0.2) is 23.1 Å². The summed E-state index contributed by atoms with van der Waals surface area (Å²) in [4.78, 5) is 7.25. The van der Waals surface area contributed by atoms with Crippen LogP contribution in [0.1, 0.15) is 58.2 Å². The zero-order valence-corrected chi connectivity index (χ0v) is 13.7. The second-order valence-corrected chi connectivity index (χ2v) is 6.98. The van der Waals surface area contributed by atoms with Gasteiger partial charge in [0.15, 0.2) is 0 Å². The highest BCUT2D eigenvalue weighted by Gasteiger charge is 2.24. The van der Waals surface area contributed by atoms with E-state index in [1.807, 2.05) is 0 Å². The zero-order valence-electron chi connectivity index (χ0n) is 13.7. The number of nitrogens with one attached hydrogen (secondary N) is 1. The summed E-state index contributed by atoms with van der Waals surface area (Å²) in [5, 5.41) is 3.56. The van der Waals surface area contributed by atoms with Crippen LogP contribution in [0.25, 0.3) is 0 Å². The lowest BCUT2D eigenvalue weighted by molar-refractivity contribution is 0.424. The maximum absolute atomic E-state index is 4.76. The Morgan fingerprint density at radius 3 is 2.75 bits per heavy atom. The Morgan fingerprint density at radius 1 is 1.35 bits per heavy atom. The fraction of sp³-hybridized carbons (Fsp3) is 0.706. The summed E-state index contributed by atoms with van der Waals surface area (Å²) < 4.78 is 0. The molecule has 20 heavy (non-hydrogen) atoms. The first-order valence-electron chi connectivity index (χ1n) is 7.88. The van der Waals surface area contributed by atoms with Gasteiger partial charge >= 0.3 is 0 Å². The van der Waals surface area contributed by atoms with Crippen molar-refractivity contribution in [2.75, 3.05) is 11.4 Å². The summed E-state index contributed by atoms with van der Waals surface area (Å²) in [6.07, 6.45) is 3.82. The van der Waals surface area contributed by atoms with Crippen molar-refractivity contribution >= 4 is 5.82 Å². The number of pyridine rings is 1. The highest BCUT2D eigenvalue weighted by Crippen LogP contribution is 2.26. The van der Waals surface area contributed by atoms with Crippen LogP contribution in [0.15, 0.2) is 12.1 Å². The van der Waals surface area contributed by atoms with Crippen LogP contribution in [0.5, 0.6) is 0 Å². The first kappa shape index (κ1) is 15.3. The number of hydrogen-bond acceptors (Lipinski definition) is 3. The molecular weight excluding hydrogens is 246 g/mol. The van der Waals surface area contributed by atoms with Gasteiger partial charge in [0.25, 0.3) is 0 Å². The van der Waals surface area contributed by atoms with E-state index in [1.165, 1.54) is 30.6 Å². The highest BCUT2D eigenvalue weighted by atomic mass is 15.2. The molecule has 0 spiro atoms. The third-order valence-electron chi connectivity index (χ3n) is 3.97. The fourth-order valence-electron chi connectivity index (χ4n) is 2.90. The van der Waals surface area contributed by atoms with Gasteiger partial charge in [-0.25, -0.2) is 4.98 Å². The molecule has 1 saturated heterocycles. The molecule has 1 unspecified atom stereocenters. The molecule has 0 aliphatic carbocycles. The molecule has 0 radical (unpaired) electrons. The highest BCUT2D eigenvalue weighted by molar-refractivity contribution is 5.44. The molecule has 0 aromatic carbocycles. The molecule has 1 aliphatic rings. The van der Waals surface area contributed by atoms with Crippen molar-refractivity contribution in [3.8, 4) is 0 Å². The Morgan fingerprint density at radius 2 is 2.10 bits per heavy atom. The normalized spacial score (nSPS) is 19.6. The van der Waals surface area contributed by atoms with Crippen molar-refractivity contribution < 1.29 is 0 Å². The third kappa shape index (κ3) is 3.95. The molecule has 2 heterocycles. The molecule has 3 heteroatoms. The monoisotopic (exact) mass is 275 g/mol. The largest absolute Gasteiger partial charge is 0.354 e. The maximum atomic E-state index is 4.76. The molecule has 0 amide bonds. The number of nitrogens with zero attached hydrogens (tertiary/aromatic N) is 2. The number of anilines is 1. The lowest BCUT2D eigenvalue weighted by Crippen LogP contribution is -2.35. The van der Waals surface area contributed by atoms with Gasteiger partial charge in [-0.3, -0.25) is 0 Å². The molecule has 0 saturated carbocycles. The van der Waals surface area contributed by atoms with E-state index < -0.39 is 0 Å². The van der Waals surface area contributed by atoms with Crippen molar-refractivity contribution in [3.05, 3.63) is 23.4 Å². The van der Waals surface area contributed by atoms with Crippen molar-refractivity contribution in [1.29, 1.82) is 0 Å². The van der Waals surface area contributed by atoms with Gasteiger partial charge in [0.1, 0.15) is 5.82 Å². The van der Waals surface area contributed by atoms with Gasteiger partial charge in [0.05, 0.1) is 0 Å². The fourth-order valence-corrected chi connectivity index (χ4v) is 2.90. The Bertz CT molecular complexity index is 448. The lowest BCUT2D eigenvalue weighted by Gasteiger charge is -2.26. The van der Waals surface area contributed by atoms with Crippen LogP contribution in [0.3, 0.4) is 0 Å². The van der Waals surface area contributed by atoms with Crippen molar-refractivity contribution in [1.82, 2.24) is 10.3 Å². The molecule has 0 bridgehead atoms. The van der Waals surface area contributed by atoms with Crippen LogP contribution >= 0.6 is 0 Å². The molecule has 2 rings (SSSR count). The Hall–Kier alpha value is -1.09. The molecule has 1 N–H and O–H groups in total. The minimum Gasteiger partial charge on any atom is -0.354 e. The van der Waals surface area contributed by atoms with E-state index in [0.717, 1.165) is 18.8 Å². The average molecular weight is 275 g/mol. The second kappa shape index (κ2) is 6.13. The van der Waals surface area contributed by atoms with E-state index in [4.69, 9.17) is 4.98 Å². The first-order valence-corrected chi connectivity index (χ1v) is 7.88. The van der Waals surface area contributed by atoms with Crippen molar-refractivity contribution in [2.24, 2.45) is 0 Å². The van der Waals surface area contributed by atoms with E-state index in [1.54, 1.807) is 0 Å². The molecule has 1 atom stereocenters. The van der Waals surface area contributed by atoms with Crippen LogP contribution in [-0.2, 0) is 6.54 Å². The average Bonchev–Trinajstić information content (AvgIpc) is 2.83. The van der Waals surface area contributed by atoms with Gasteiger partial charge < -0.3 is 10.2 Å². The molecule has 112 valence electrons. The molecular formula is C17H29N3. The van der Waals surface area contributed by atoms with Crippen LogP contribution in [0.2, 0.25) is 0 Å². The summed E-state index contributed by atoms with van der Waals surface area (Å²) in [7, 11) is 0. The number of aryl methyl sites for hydroxylation is 1. The standard InChI is InChI=1S/C17H29N3/c1-6-15-8-7-9-20(15)16-11-14(10-13(2)19-16)12-18-17(3,4)5/h10-11,15,18H,6-9,12H2,1-5H3. The first-order chi connectivity index (χ1) is 9.39. The minimum atomic E-state index is 0.150. The quantitative estimate of drug-likeness (QED) is 0.909. The number of aromatic nitrogens is 1. The number of rotatable bonds is 4. The van der Waals surface area contributed by atoms with Gasteiger partial charge in [0, 0.05) is 30.4 Å². The predicted octanol–water partition coefficient (Wildman–Crippen LogP) is 3.66. The minimum absolute atomic E-state index is 0.150. The third-order valence-corrected chi connectivity index (χ3v) is 3.97. The maximum Gasteiger partial charge on any atom is 0.129 e. The van der Waals surface area contributed by atoms with Crippen LogP contribution < -0.4 is 10.2 Å². The summed E-state index contributed by atoms with van der Waals surface area (Å²) in [6, 6.07) is 5.13. The summed E-state index contributed by atoms with van der Waals surface area (Å²) in [5.41, 5.74) is 2.61. The van der Waals surface area contributed by atoms with E-state index in [-0.39, 0.29) is 5.54 Å². The zero-order chi connectivity index (χ0) is 14.8. The second-order valence-electron chi connectivity index (χ2n) is 6.98. The van der Waals surface area contributed by atoms with E-state index in [2.05, 4.69) is 57.0 Å². The van der Waals surface area contributed by atoms with E-state index in [0.29, 0.717) is 6.04 Å². The van der Waals surface area contributed by atoms with Gasteiger partial charge in [0.2, 0.25) is 0 Å². The van der Waals surface area contributed by atoms with Gasteiger partial charge in [-0.15, -0.1) is 0 Å². The van der Waals surface area contributed by atoms with Gasteiger partial charge in [-0.05, 0) is 64.7 Å². The summed E-state index contributed by atoms with van der Waals surface area (Å²) in [6.45, 7) is 13.0. The molecule has 1 aromatic heterocycles. The van der Waals surface area contributed by atoms with Crippen molar-refractivity contribution in [2.45, 2.75) is 72.0 Å². The van der Waals surface area contributed by atoms with Crippen molar-refractivity contribution in [3.63, 3.8) is 0 Å². The van der Waals surface area contributed by atoms with Gasteiger partial charge in [-0.2, -0.15) is 0 Å². The Labute approximate surface area is 123 Å². The molecule has 1 fully saturated rings. The lowest BCUT2D eigenvalue weighted by atomic mass is 10.1.